The molecule has 1 nitrogen and oxygen atoms in total. The number of hydrogen-bond donors (Lipinski definition) is 1. The van der Waals surface area contributed by atoms with Crippen molar-refractivity contribution in [2.45, 2.75) is 100.0 Å². The smallest absolute Gasteiger partial charge is 0.00670 e. The molecule has 6 unspecified atom stereocenters. The molecule has 1 rings (SSSR count). The Bertz CT molecular complexity index is 329. The molecule has 1 heteroatoms. The highest BCUT2D eigenvalue weighted by Gasteiger charge is 2.55. The fourth-order valence-electron chi connectivity index (χ4n) is 4.87. The second kappa shape index (κ2) is 7.69. The summed E-state index contributed by atoms with van der Waals surface area (Å²) in [5.41, 5.74) is 7.39. The Morgan fingerprint density at radius 2 is 1.64 bits per heavy atom. The fourth-order valence-corrected chi connectivity index (χ4v) is 4.87. The van der Waals surface area contributed by atoms with Crippen LogP contribution in [0.4, 0.5) is 0 Å². The minimum atomic E-state index is 0.376. The molecule has 0 amide bonds. The number of hydrogen-bond acceptors (Lipinski definition) is 1. The van der Waals surface area contributed by atoms with Gasteiger partial charge in [0, 0.05) is 6.04 Å². The van der Waals surface area contributed by atoms with Crippen molar-refractivity contribution in [1.82, 2.24) is 0 Å². The van der Waals surface area contributed by atoms with Crippen molar-refractivity contribution in [2.24, 2.45) is 40.2 Å². The van der Waals surface area contributed by atoms with Crippen LogP contribution >= 0.6 is 0 Å². The lowest BCUT2D eigenvalue weighted by molar-refractivity contribution is 0.0144. The summed E-state index contributed by atoms with van der Waals surface area (Å²) < 4.78 is 0. The van der Waals surface area contributed by atoms with Gasteiger partial charge in [0.2, 0.25) is 0 Å². The topological polar surface area (TPSA) is 26.0 Å². The van der Waals surface area contributed by atoms with E-state index in [-0.39, 0.29) is 0 Å². The third-order valence-corrected chi connectivity index (χ3v) is 7.15. The first-order valence-electron chi connectivity index (χ1n) is 9.88. The lowest BCUT2D eigenvalue weighted by Gasteiger charge is -2.48. The van der Waals surface area contributed by atoms with Gasteiger partial charge in [-0.05, 0) is 60.2 Å². The van der Waals surface area contributed by atoms with Gasteiger partial charge in [-0.25, -0.2) is 0 Å². The van der Waals surface area contributed by atoms with E-state index in [1.165, 1.54) is 38.5 Å². The van der Waals surface area contributed by atoms with Gasteiger partial charge in [0.25, 0.3) is 0 Å². The van der Waals surface area contributed by atoms with E-state index in [0.29, 0.717) is 22.8 Å². The van der Waals surface area contributed by atoms with Crippen LogP contribution in [0.5, 0.6) is 0 Å². The average molecular weight is 310 g/mol. The van der Waals surface area contributed by atoms with Gasteiger partial charge in [-0.2, -0.15) is 0 Å². The Labute approximate surface area is 140 Å². The molecule has 1 aliphatic carbocycles. The maximum absolute atomic E-state index is 6.49. The average Bonchev–Trinajstić information content (AvgIpc) is 3.18. The van der Waals surface area contributed by atoms with Crippen LogP contribution in [0.15, 0.2) is 0 Å². The Morgan fingerprint density at radius 3 is 1.95 bits per heavy atom. The molecule has 0 spiro atoms. The zero-order valence-corrected chi connectivity index (χ0v) is 16.7. The summed E-state index contributed by atoms with van der Waals surface area (Å²) in [6.07, 6.45) is 7.84. The first-order chi connectivity index (χ1) is 10.1. The molecule has 1 aliphatic rings. The molecule has 132 valence electrons. The highest BCUT2D eigenvalue weighted by molar-refractivity contribution is 5.04. The van der Waals surface area contributed by atoms with Crippen molar-refractivity contribution in [3.05, 3.63) is 0 Å². The predicted octanol–water partition coefficient (Wildman–Crippen LogP) is 6.26. The standard InChI is InChI=1S/C21H43N/c1-9-15(4)19(22)13-17(10-2)14-21(11-3,20(6,7)8)18-12-16(18)5/h15-19H,9-14,22H2,1-8H3. The Morgan fingerprint density at radius 1 is 1.09 bits per heavy atom. The van der Waals surface area contributed by atoms with Gasteiger partial charge in [-0.15, -0.1) is 0 Å². The highest BCUT2D eigenvalue weighted by atomic mass is 14.7. The summed E-state index contributed by atoms with van der Waals surface area (Å²) in [5.74, 6) is 3.31. The van der Waals surface area contributed by atoms with Crippen molar-refractivity contribution >= 4 is 0 Å². The minimum Gasteiger partial charge on any atom is -0.327 e. The van der Waals surface area contributed by atoms with Crippen molar-refractivity contribution in [3.63, 3.8) is 0 Å². The van der Waals surface area contributed by atoms with Gasteiger partial charge in [-0.1, -0.05) is 68.2 Å². The van der Waals surface area contributed by atoms with Crippen LogP contribution in [-0.4, -0.2) is 6.04 Å². The van der Waals surface area contributed by atoms with Crippen molar-refractivity contribution in [2.75, 3.05) is 0 Å². The minimum absolute atomic E-state index is 0.376. The molecule has 0 radical (unpaired) electrons. The molecule has 1 saturated carbocycles. The first-order valence-corrected chi connectivity index (χ1v) is 9.88. The van der Waals surface area contributed by atoms with E-state index in [2.05, 4.69) is 55.4 Å². The van der Waals surface area contributed by atoms with Gasteiger partial charge >= 0.3 is 0 Å². The maximum atomic E-state index is 6.49. The molecule has 0 heterocycles. The van der Waals surface area contributed by atoms with Crippen LogP contribution in [0.1, 0.15) is 93.9 Å². The molecule has 0 aromatic heterocycles. The van der Waals surface area contributed by atoms with Crippen LogP contribution in [0.2, 0.25) is 0 Å². The third-order valence-electron chi connectivity index (χ3n) is 7.15. The molecular weight excluding hydrogens is 266 g/mol. The van der Waals surface area contributed by atoms with Crippen molar-refractivity contribution in [3.8, 4) is 0 Å². The van der Waals surface area contributed by atoms with E-state index in [9.17, 15) is 0 Å². The van der Waals surface area contributed by atoms with Crippen LogP contribution < -0.4 is 5.73 Å². The lowest BCUT2D eigenvalue weighted by atomic mass is 9.57. The van der Waals surface area contributed by atoms with Crippen LogP contribution in [0, 0.1) is 34.5 Å². The first kappa shape index (κ1) is 20.0. The van der Waals surface area contributed by atoms with E-state index >= 15 is 0 Å². The Hall–Kier alpha value is -0.0400. The summed E-state index contributed by atoms with van der Waals surface area (Å²) >= 11 is 0. The zero-order valence-electron chi connectivity index (χ0n) is 16.7. The Balaban J connectivity index is 2.87. The lowest BCUT2D eigenvalue weighted by Crippen LogP contribution is -2.41. The quantitative estimate of drug-likeness (QED) is 0.534. The zero-order chi connectivity index (χ0) is 17.1. The molecule has 0 aliphatic heterocycles. The molecule has 2 N–H and O–H groups in total. The second-order valence-electron chi connectivity index (χ2n) is 9.34. The van der Waals surface area contributed by atoms with Crippen LogP contribution in [0.25, 0.3) is 0 Å². The third kappa shape index (κ3) is 4.28. The van der Waals surface area contributed by atoms with E-state index in [1.54, 1.807) is 0 Å². The normalized spacial score (nSPS) is 28.8. The SMILES string of the molecule is CCC(CC(N)C(C)CC)CC(CC)(C1CC1C)C(C)(C)C. The molecule has 22 heavy (non-hydrogen) atoms. The van der Waals surface area contributed by atoms with E-state index < -0.39 is 0 Å². The highest BCUT2D eigenvalue weighted by Crippen LogP contribution is 2.63. The molecular formula is C21H43N. The van der Waals surface area contributed by atoms with E-state index in [4.69, 9.17) is 5.73 Å². The van der Waals surface area contributed by atoms with Crippen LogP contribution in [-0.2, 0) is 0 Å². The van der Waals surface area contributed by atoms with Crippen molar-refractivity contribution in [1.29, 1.82) is 0 Å². The molecule has 6 atom stereocenters. The molecule has 0 saturated heterocycles. The van der Waals surface area contributed by atoms with Crippen molar-refractivity contribution < 1.29 is 0 Å². The van der Waals surface area contributed by atoms with Gasteiger partial charge in [0.05, 0.1) is 0 Å². The molecule has 0 bridgehead atoms. The molecule has 0 aromatic rings. The largest absolute Gasteiger partial charge is 0.327 e. The van der Waals surface area contributed by atoms with Crippen LogP contribution in [0.3, 0.4) is 0 Å². The van der Waals surface area contributed by atoms with E-state index in [1.807, 2.05) is 0 Å². The monoisotopic (exact) mass is 309 g/mol. The summed E-state index contributed by atoms with van der Waals surface area (Å²) in [4.78, 5) is 0. The summed E-state index contributed by atoms with van der Waals surface area (Å²) in [6, 6.07) is 0.376. The van der Waals surface area contributed by atoms with Gasteiger partial charge in [0.15, 0.2) is 0 Å². The fraction of sp³-hybridized carbons (Fsp3) is 1.00. The summed E-state index contributed by atoms with van der Waals surface area (Å²) in [5, 5.41) is 0. The van der Waals surface area contributed by atoms with E-state index in [0.717, 1.165) is 17.8 Å². The predicted molar refractivity (Wildman–Crippen MR) is 99.9 cm³/mol. The van der Waals surface area contributed by atoms with Gasteiger partial charge < -0.3 is 5.73 Å². The Kier molecular flexibility index (Phi) is 6.99. The second-order valence-corrected chi connectivity index (χ2v) is 9.34. The maximum Gasteiger partial charge on any atom is 0.00670 e. The van der Waals surface area contributed by atoms with Gasteiger partial charge in [-0.3, -0.25) is 0 Å². The number of rotatable bonds is 9. The van der Waals surface area contributed by atoms with Gasteiger partial charge in [0.1, 0.15) is 0 Å². The number of nitrogens with two attached hydrogens (primary N) is 1. The molecule has 1 fully saturated rings. The summed E-state index contributed by atoms with van der Waals surface area (Å²) in [7, 11) is 0. The molecule has 0 aromatic carbocycles. The summed E-state index contributed by atoms with van der Waals surface area (Å²) in [6.45, 7) is 19.3.